The molecule has 0 bridgehead atoms. The van der Waals surface area contributed by atoms with E-state index in [9.17, 15) is 9.18 Å². The number of nitrogen functional groups attached to an aromatic ring is 1. The number of halogens is 1. The van der Waals surface area contributed by atoms with E-state index in [0.717, 1.165) is 5.52 Å². The number of rotatable bonds is 2. The number of H-pyrrole nitrogens is 1. The highest BCUT2D eigenvalue weighted by molar-refractivity contribution is 6.12. The molecule has 2 aromatic heterocycles. The van der Waals surface area contributed by atoms with E-state index in [1.807, 2.05) is 0 Å². The summed E-state index contributed by atoms with van der Waals surface area (Å²) in [5.74, 6) is -0.862. The molecule has 4 N–H and O–H groups in total. The molecule has 0 atom stereocenters. The Morgan fingerprint density at radius 1 is 1.30 bits per heavy atom. The molecule has 5 nitrogen and oxygen atoms in total. The van der Waals surface area contributed by atoms with Crippen molar-refractivity contribution in [2.75, 3.05) is 11.1 Å². The van der Waals surface area contributed by atoms with Crippen molar-refractivity contribution >= 4 is 28.3 Å². The number of nitrogens with one attached hydrogen (secondary N) is 2. The molecular formula is C14H11FN4O. The number of fused-ring (bicyclic) bond motifs is 1. The highest BCUT2D eigenvalue weighted by Gasteiger charge is 2.13. The molecule has 1 aromatic carbocycles. The lowest BCUT2D eigenvalue weighted by atomic mass is 10.1. The van der Waals surface area contributed by atoms with Crippen molar-refractivity contribution in [3.63, 3.8) is 0 Å². The minimum absolute atomic E-state index is 0.160. The fraction of sp³-hybridized carbons (Fsp3) is 0. The number of pyridine rings is 1. The number of benzene rings is 1. The van der Waals surface area contributed by atoms with Gasteiger partial charge in [-0.2, -0.15) is 4.39 Å². The zero-order chi connectivity index (χ0) is 14.1. The maximum Gasteiger partial charge on any atom is 0.258 e. The standard InChI is InChI=1S/C14H11FN4O/c15-12-2-1-3-13(18-12)19-14(20)10-7-17-11-5-4-8(16)6-9(10)11/h1-7,17H,16H2,(H,18,19,20). The molecule has 0 spiro atoms. The first-order chi connectivity index (χ1) is 9.63. The van der Waals surface area contributed by atoms with Gasteiger partial charge in [-0.3, -0.25) is 4.79 Å². The number of nitrogens with zero attached hydrogens (tertiary/aromatic N) is 1. The summed E-state index contributed by atoms with van der Waals surface area (Å²) in [6.07, 6.45) is 1.58. The fourth-order valence-corrected chi connectivity index (χ4v) is 1.99. The fourth-order valence-electron chi connectivity index (χ4n) is 1.99. The van der Waals surface area contributed by atoms with Crippen LogP contribution in [0.4, 0.5) is 15.9 Å². The average molecular weight is 270 g/mol. The first-order valence-electron chi connectivity index (χ1n) is 5.94. The number of nitrogens with two attached hydrogens (primary N) is 1. The van der Waals surface area contributed by atoms with Crippen molar-refractivity contribution in [1.29, 1.82) is 0 Å². The minimum Gasteiger partial charge on any atom is -0.399 e. The Morgan fingerprint density at radius 2 is 2.15 bits per heavy atom. The smallest absolute Gasteiger partial charge is 0.258 e. The second-order valence-corrected chi connectivity index (χ2v) is 4.31. The summed E-state index contributed by atoms with van der Waals surface area (Å²) in [5.41, 5.74) is 7.51. The van der Waals surface area contributed by atoms with Crippen LogP contribution in [0.25, 0.3) is 10.9 Å². The first kappa shape index (κ1) is 12.2. The maximum atomic E-state index is 13.0. The third kappa shape index (κ3) is 2.18. The van der Waals surface area contributed by atoms with Crippen molar-refractivity contribution in [1.82, 2.24) is 9.97 Å². The largest absolute Gasteiger partial charge is 0.399 e. The predicted octanol–water partition coefficient (Wildman–Crippen LogP) is 2.54. The van der Waals surface area contributed by atoms with Gasteiger partial charge >= 0.3 is 0 Å². The zero-order valence-electron chi connectivity index (χ0n) is 10.4. The quantitative estimate of drug-likeness (QED) is 0.494. The van der Waals surface area contributed by atoms with Gasteiger partial charge in [-0.25, -0.2) is 4.98 Å². The molecule has 2 heterocycles. The van der Waals surface area contributed by atoms with Crippen LogP contribution in [-0.2, 0) is 0 Å². The normalized spacial score (nSPS) is 10.7. The molecule has 0 saturated carbocycles. The number of amides is 1. The Balaban J connectivity index is 1.94. The van der Waals surface area contributed by atoms with Crippen molar-refractivity contribution in [3.05, 3.63) is 54.1 Å². The average Bonchev–Trinajstić information content (AvgIpc) is 2.81. The first-order valence-corrected chi connectivity index (χ1v) is 5.94. The number of aromatic amines is 1. The number of carbonyl (C=O) groups excluding carboxylic acids is 1. The van der Waals surface area contributed by atoms with Crippen LogP contribution >= 0.6 is 0 Å². The van der Waals surface area contributed by atoms with Crippen molar-refractivity contribution in [2.24, 2.45) is 0 Å². The molecule has 0 saturated heterocycles. The number of aromatic nitrogens is 2. The second kappa shape index (κ2) is 4.65. The van der Waals surface area contributed by atoms with Crippen molar-refractivity contribution in [3.8, 4) is 0 Å². The molecular weight excluding hydrogens is 259 g/mol. The Hall–Kier alpha value is -2.89. The van der Waals surface area contributed by atoms with Crippen LogP contribution in [0.5, 0.6) is 0 Å². The van der Waals surface area contributed by atoms with Gasteiger partial charge in [0.2, 0.25) is 5.95 Å². The number of anilines is 2. The van der Waals surface area contributed by atoms with E-state index in [1.165, 1.54) is 18.2 Å². The van der Waals surface area contributed by atoms with Crippen LogP contribution < -0.4 is 11.1 Å². The van der Waals surface area contributed by atoms with Crippen molar-refractivity contribution in [2.45, 2.75) is 0 Å². The van der Waals surface area contributed by atoms with Gasteiger partial charge in [-0.15, -0.1) is 0 Å². The molecule has 3 aromatic rings. The van der Waals surface area contributed by atoms with E-state index in [-0.39, 0.29) is 11.7 Å². The number of hydrogen-bond acceptors (Lipinski definition) is 3. The molecule has 0 aliphatic heterocycles. The van der Waals surface area contributed by atoms with Crippen LogP contribution in [0.1, 0.15) is 10.4 Å². The summed E-state index contributed by atoms with van der Waals surface area (Å²) < 4.78 is 13.0. The van der Waals surface area contributed by atoms with Crippen LogP contribution in [0.15, 0.2) is 42.6 Å². The summed E-state index contributed by atoms with van der Waals surface area (Å²) in [4.78, 5) is 18.7. The van der Waals surface area contributed by atoms with Gasteiger partial charge in [0.1, 0.15) is 5.82 Å². The molecule has 1 amide bonds. The predicted molar refractivity (Wildman–Crippen MR) is 74.9 cm³/mol. The van der Waals surface area contributed by atoms with Crippen LogP contribution in [0.2, 0.25) is 0 Å². The van der Waals surface area contributed by atoms with Crippen LogP contribution in [-0.4, -0.2) is 15.9 Å². The molecule has 0 fully saturated rings. The van der Waals surface area contributed by atoms with Gasteiger partial charge in [0.15, 0.2) is 0 Å². The lowest BCUT2D eigenvalue weighted by Crippen LogP contribution is -2.12. The Kier molecular flexibility index (Phi) is 2.83. The summed E-state index contributed by atoms with van der Waals surface area (Å²) in [6.45, 7) is 0. The molecule has 0 aliphatic carbocycles. The van der Waals surface area contributed by atoms with Crippen molar-refractivity contribution < 1.29 is 9.18 Å². The molecule has 6 heteroatoms. The van der Waals surface area contributed by atoms with Gasteiger partial charge in [0, 0.05) is 22.8 Å². The van der Waals surface area contributed by atoms with E-state index >= 15 is 0 Å². The van der Waals surface area contributed by atoms with Gasteiger partial charge < -0.3 is 16.0 Å². The monoisotopic (exact) mass is 270 g/mol. The lowest BCUT2D eigenvalue weighted by molar-refractivity contribution is 0.102. The number of hydrogen-bond donors (Lipinski definition) is 3. The van der Waals surface area contributed by atoms with E-state index < -0.39 is 5.95 Å². The summed E-state index contributed by atoms with van der Waals surface area (Å²) in [5, 5.41) is 3.25. The van der Waals surface area contributed by atoms with Gasteiger partial charge in [-0.05, 0) is 30.3 Å². The Bertz CT molecular complexity index is 797. The maximum absolute atomic E-state index is 13.0. The molecule has 0 radical (unpaired) electrons. The molecule has 20 heavy (non-hydrogen) atoms. The van der Waals surface area contributed by atoms with E-state index in [1.54, 1.807) is 24.4 Å². The van der Waals surface area contributed by atoms with Crippen LogP contribution in [0.3, 0.4) is 0 Å². The third-order valence-corrected chi connectivity index (χ3v) is 2.91. The summed E-state index contributed by atoms with van der Waals surface area (Å²) >= 11 is 0. The lowest BCUT2D eigenvalue weighted by Gasteiger charge is -2.03. The molecule has 0 unspecified atom stereocenters. The minimum atomic E-state index is -0.647. The third-order valence-electron chi connectivity index (χ3n) is 2.91. The topological polar surface area (TPSA) is 83.8 Å². The van der Waals surface area contributed by atoms with Gasteiger partial charge in [0.05, 0.1) is 5.56 Å². The van der Waals surface area contributed by atoms with E-state index in [2.05, 4.69) is 15.3 Å². The zero-order valence-corrected chi connectivity index (χ0v) is 10.4. The summed E-state index contributed by atoms with van der Waals surface area (Å²) in [6, 6.07) is 9.45. The summed E-state index contributed by atoms with van der Waals surface area (Å²) in [7, 11) is 0. The Labute approximate surface area is 113 Å². The molecule has 100 valence electrons. The highest BCUT2D eigenvalue weighted by Crippen LogP contribution is 2.21. The molecule has 3 rings (SSSR count). The van der Waals surface area contributed by atoms with Crippen LogP contribution in [0, 0.1) is 5.95 Å². The number of carbonyl (C=O) groups is 1. The van der Waals surface area contributed by atoms with Gasteiger partial charge in [-0.1, -0.05) is 6.07 Å². The second-order valence-electron chi connectivity index (χ2n) is 4.31. The van der Waals surface area contributed by atoms with E-state index in [4.69, 9.17) is 5.73 Å². The molecule has 0 aliphatic rings. The van der Waals surface area contributed by atoms with E-state index in [0.29, 0.717) is 16.6 Å². The Morgan fingerprint density at radius 3 is 2.95 bits per heavy atom. The van der Waals surface area contributed by atoms with Gasteiger partial charge in [0.25, 0.3) is 5.91 Å². The SMILES string of the molecule is Nc1ccc2[nH]cc(C(=O)Nc3cccc(F)n3)c2c1. The highest BCUT2D eigenvalue weighted by atomic mass is 19.1.